The van der Waals surface area contributed by atoms with Crippen molar-refractivity contribution in [2.24, 2.45) is 5.92 Å². The average Bonchev–Trinajstić information content (AvgIpc) is 2.10. The van der Waals surface area contributed by atoms with Crippen molar-refractivity contribution in [3.8, 4) is 0 Å². The van der Waals surface area contributed by atoms with E-state index >= 15 is 0 Å². The summed E-state index contributed by atoms with van der Waals surface area (Å²) < 4.78 is 0. The number of rotatable bonds is 8. The van der Waals surface area contributed by atoms with Crippen LogP contribution in [-0.4, -0.2) is 30.9 Å². The molecule has 0 heterocycles. The largest absolute Gasteiger partial charge is 0.396 e. The molecule has 3 nitrogen and oxygen atoms in total. The summed E-state index contributed by atoms with van der Waals surface area (Å²) in [7, 11) is 0. The Morgan fingerprint density at radius 1 is 1.31 bits per heavy atom. The molecular weight excluding hydrogens is 166 g/mol. The van der Waals surface area contributed by atoms with Crippen molar-refractivity contribution in [2.45, 2.75) is 39.2 Å². The molecule has 0 fully saturated rings. The first-order valence-electron chi connectivity index (χ1n) is 5.14. The summed E-state index contributed by atoms with van der Waals surface area (Å²) in [6, 6.07) is 0.386. The second-order valence-electron chi connectivity index (χ2n) is 3.73. The van der Waals surface area contributed by atoms with E-state index in [-0.39, 0.29) is 13.2 Å². The Labute approximate surface area is 81.2 Å². The van der Waals surface area contributed by atoms with Crippen LogP contribution in [0.3, 0.4) is 0 Å². The van der Waals surface area contributed by atoms with Gasteiger partial charge in [0.05, 0.1) is 6.61 Å². The van der Waals surface area contributed by atoms with Gasteiger partial charge < -0.3 is 10.4 Å². The van der Waals surface area contributed by atoms with E-state index in [9.17, 15) is 5.11 Å². The van der Waals surface area contributed by atoms with Gasteiger partial charge in [-0.3, -0.25) is 0 Å². The lowest BCUT2D eigenvalue weighted by Crippen LogP contribution is -2.35. The third-order valence-electron chi connectivity index (χ3n) is 2.22. The topological polar surface area (TPSA) is 52.2 Å². The van der Waals surface area contributed by atoms with Crippen LogP contribution in [0.4, 0.5) is 0 Å². The fourth-order valence-corrected chi connectivity index (χ4v) is 1.32. The lowest BCUT2D eigenvalue weighted by Gasteiger charge is -2.21. The van der Waals surface area contributed by atoms with Crippen molar-refractivity contribution >= 4 is 0 Å². The standard InChI is InChI=1S/C10H22NO2/c1-9(2)10(5-8-13)11-6-3-4-7-12/h9-11,13H,3-8H2,1-2H3. The molecule has 79 valence electrons. The van der Waals surface area contributed by atoms with Crippen molar-refractivity contribution in [3.05, 3.63) is 0 Å². The average molecular weight is 188 g/mol. The van der Waals surface area contributed by atoms with Crippen molar-refractivity contribution in [1.29, 1.82) is 0 Å². The Hall–Kier alpha value is -0.120. The van der Waals surface area contributed by atoms with Gasteiger partial charge in [-0.2, -0.15) is 0 Å². The zero-order chi connectivity index (χ0) is 10.1. The Kier molecular flexibility index (Phi) is 8.40. The summed E-state index contributed by atoms with van der Waals surface area (Å²) in [4.78, 5) is 0. The number of hydrogen-bond acceptors (Lipinski definition) is 2. The molecular formula is C10H22NO2. The minimum absolute atomic E-state index is 0.0219. The van der Waals surface area contributed by atoms with Crippen LogP contribution >= 0.6 is 0 Å². The second-order valence-corrected chi connectivity index (χ2v) is 3.73. The molecule has 1 radical (unpaired) electrons. The summed E-state index contributed by atoms with van der Waals surface area (Å²) in [5.41, 5.74) is 0. The summed E-state index contributed by atoms with van der Waals surface area (Å²) >= 11 is 0. The molecule has 0 aliphatic rings. The van der Waals surface area contributed by atoms with E-state index in [1.165, 1.54) is 0 Å². The maximum Gasteiger partial charge on any atom is 0.0822 e. The van der Waals surface area contributed by atoms with E-state index in [0.29, 0.717) is 12.0 Å². The lowest BCUT2D eigenvalue weighted by molar-refractivity contribution is 0.185. The molecule has 0 amide bonds. The molecule has 3 heteroatoms. The van der Waals surface area contributed by atoms with Crippen LogP contribution in [0.2, 0.25) is 0 Å². The molecule has 0 saturated heterocycles. The van der Waals surface area contributed by atoms with Gasteiger partial charge in [0.1, 0.15) is 0 Å². The maximum atomic E-state index is 10.2. The number of hydrogen-bond donors (Lipinski definition) is 2. The quantitative estimate of drug-likeness (QED) is 0.562. The predicted molar refractivity (Wildman–Crippen MR) is 53.1 cm³/mol. The van der Waals surface area contributed by atoms with Gasteiger partial charge >= 0.3 is 0 Å². The third-order valence-corrected chi connectivity index (χ3v) is 2.22. The molecule has 2 N–H and O–H groups in total. The van der Waals surface area contributed by atoms with E-state index < -0.39 is 0 Å². The van der Waals surface area contributed by atoms with E-state index in [0.717, 1.165) is 25.8 Å². The summed E-state index contributed by atoms with van der Waals surface area (Å²) in [5.74, 6) is 0.541. The Balaban J connectivity index is 3.45. The summed E-state index contributed by atoms with van der Waals surface area (Å²) in [5, 5.41) is 22.3. The Morgan fingerprint density at radius 3 is 2.46 bits per heavy atom. The summed E-state index contributed by atoms with van der Waals surface area (Å²) in [6.07, 6.45) is 2.49. The molecule has 0 aromatic rings. The second kappa shape index (κ2) is 8.48. The maximum absolute atomic E-state index is 10.2. The lowest BCUT2D eigenvalue weighted by atomic mass is 10.0. The normalized spacial score (nSPS) is 13.6. The zero-order valence-corrected chi connectivity index (χ0v) is 8.75. The molecule has 0 rings (SSSR count). The van der Waals surface area contributed by atoms with Gasteiger partial charge in [-0.15, -0.1) is 0 Å². The highest BCUT2D eigenvalue weighted by molar-refractivity contribution is 4.69. The molecule has 0 spiro atoms. The van der Waals surface area contributed by atoms with Gasteiger partial charge in [0, 0.05) is 12.6 Å². The molecule has 0 aliphatic carbocycles. The van der Waals surface area contributed by atoms with Crippen molar-refractivity contribution in [3.63, 3.8) is 0 Å². The van der Waals surface area contributed by atoms with Crippen LogP contribution in [0.5, 0.6) is 0 Å². The number of aliphatic hydroxyl groups excluding tert-OH is 1. The minimum Gasteiger partial charge on any atom is -0.396 e. The van der Waals surface area contributed by atoms with Gasteiger partial charge in [-0.05, 0) is 31.7 Å². The molecule has 13 heavy (non-hydrogen) atoms. The number of unbranched alkanes of at least 4 members (excludes halogenated alkanes) is 1. The van der Waals surface area contributed by atoms with E-state index in [2.05, 4.69) is 19.2 Å². The van der Waals surface area contributed by atoms with Crippen LogP contribution in [0.1, 0.15) is 33.1 Å². The Bertz CT molecular complexity index is 107. The van der Waals surface area contributed by atoms with Gasteiger partial charge in [-0.1, -0.05) is 13.8 Å². The van der Waals surface area contributed by atoms with Crippen LogP contribution < -0.4 is 5.32 Å². The molecule has 0 aromatic heterocycles. The smallest absolute Gasteiger partial charge is 0.0822 e. The first-order valence-corrected chi connectivity index (χ1v) is 5.14. The fraction of sp³-hybridized carbons (Fsp3) is 1.00. The van der Waals surface area contributed by atoms with Crippen LogP contribution in [0.15, 0.2) is 0 Å². The van der Waals surface area contributed by atoms with Crippen LogP contribution in [0.25, 0.3) is 0 Å². The first-order chi connectivity index (χ1) is 6.22. The van der Waals surface area contributed by atoms with E-state index in [1.807, 2.05) is 0 Å². The molecule has 0 saturated carbocycles. The van der Waals surface area contributed by atoms with Gasteiger partial charge in [0.2, 0.25) is 0 Å². The monoisotopic (exact) mass is 188 g/mol. The first kappa shape index (κ1) is 12.9. The molecule has 0 aliphatic heterocycles. The zero-order valence-electron chi connectivity index (χ0n) is 8.75. The molecule has 0 aromatic carbocycles. The summed E-state index contributed by atoms with van der Waals surface area (Å²) in [6.45, 7) is 5.43. The fourth-order valence-electron chi connectivity index (χ4n) is 1.32. The Morgan fingerprint density at radius 2 is 2.00 bits per heavy atom. The van der Waals surface area contributed by atoms with Gasteiger partial charge in [0.15, 0.2) is 0 Å². The van der Waals surface area contributed by atoms with Crippen molar-refractivity contribution in [1.82, 2.24) is 5.32 Å². The van der Waals surface area contributed by atoms with E-state index in [1.54, 1.807) is 0 Å². The van der Waals surface area contributed by atoms with Crippen molar-refractivity contribution < 1.29 is 10.2 Å². The van der Waals surface area contributed by atoms with Crippen LogP contribution in [-0.2, 0) is 5.11 Å². The van der Waals surface area contributed by atoms with Gasteiger partial charge in [0.25, 0.3) is 0 Å². The molecule has 0 bridgehead atoms. The van der Waals surface area contributed by atoms with Crippen LogP contribution in [0, 0.1) is 5.92 Å². The highest BCUT2D eigenvalue weighted by Crippen LogP contribution is 2.05. The highest BCUT2D eigenvalue weighted by Gasteiger charge is 2.10. The number of aliphatic hydroxyl groups is 1. The van der Waals surface area contributed by atoms with E-state index in [4.69, 9.17) is 5.11 Å². The SMILES string of the molecule is CC(C)C(CCO)NCCCC[O]. The number of nitrogens with one attached hydrogen (secondary N) is 1. The molecule has 1 atom stereocenters. The van der Waals surface area contributed by atoms with Gasteiger partial charge in [-0.25, -0.2) is 5.11 Å². The predicted octanol–water partition coefficient (Wildman–Crippen LogP) is 1.19. The molecule has 1 unspecified atom stereocenters. The minimum atomic E-state index is 0.0219. The van der Waals surface area contributed by atoms with Crippen molar-refractivity contribution in [2.75, 3.05) is 19.8 Å². The third kappa shape index (κ3) is 6.99. The highest BCUT2D eigenvalue weighted by atomic mass is 16.3.